The molecule has 0 amide bonds. The molecule has 0 aromatic heterocycles. The molecule has 5 heteroatoms. The van der Waals surface area contributed by atoms with Crippen LogP contribution in [0.1, 0.15) is 0 Å². The highest BCUT2D eigenvalue weighted by Crippen LogP contribution is 2.32. The Labute approximate surface area is 114 Å². The number of hydrogen-bond acceptors (Lipinski definition) is 3. The lowest BCUT2D eigenvalue weighted by Gasteiger charge is -2.05. The van der Waals surface area contributed by atoms with Crippen molar-refractivity contribution < 1.29 is 14.1 Å². The topological polar surface area (TPSA) is 46.5 Å². The number of hydrogen-bond donors (Lipinski definition) is 1. The fourth-order valence-corrected chi connectivity index (χ4v) is 2.16. The number of benzene rings is 2. The maximum Gasteiger partial charge on any atom is 0.518 e. The SMILES string of the molecule is O=C(O)OSc1ccc(-c2ccccc2)cc1Cl. The molecule has 0 aliphatic heterocycles. The summed E-state index contributed by atoms with van der Waals surface area (Å²) in [6.45, 7) is 0. The molecule has 3 nitrogen and oxygen atoms in total. The van der Waals surface area contributed by atoms with Crippen LogP contribution in [0.15, 0.2) is 53.4 Å². The minimum absolute atomic E-state index is 0.461. The van der Waals surface area contributed by atoms with Crippen LogP contribution in [0.25, 0.3) is 11.1 Å². The van der Waals surface area contributed by atoms with Crippen molar-refractivity contribution in [3.8, 4) is 11.1 Å². The van der Waals surface area contributed by atoms with Gasteiger partial charge in [0.05, 0.1) is 9.92 Å². The minimum atomic E-state index is -1.34. The summed E-state index contributed by atoms with van der Waals surface area (Å²) in [5, 5.41) is 8.87. The Balaban J connectivity index is 2.22. The zero-order valence-corrected chi connectivity index (χ0v) is 10.7. The molecule has 0 heterocycles. The second-order valence-electron chi connectivity index (χ2n) is 3.44. The maximum absolute atomic E-state index is 10.3. The molecule has 0 saturated carbocycles. The van der Waals surface area contributed by atoms with Gasteiger partial charge in [-0.15, -0.1) is 0 Å². The van der Waals surface area contributed by atoms with Crippen LogP contribution in [0.5, 0.6) is 0 Å². The molecule has 2 rings (SSSR count). The molecule has 0 radical (unpaired) electrons. The third-order valence-corrected chi connectivity index (χ3v) is 3.43. The molecule has 18 heavy (non-hydrogen) atoms. The number of halogens is 1. The highest BCUT2D eigenvalue weighted by molar-refractivity contribution is 7.95. The van der Waals surface area contributed by atoms with Crippen LogP contribution in [0.4, 0.5) is 4.79 Å². The summed E-state index contributed by atoms with van der Waals surface area (Å²) in [7, 11) is 0. The number of rotatable bonds is 3. The highest BCUT2D eigenvalue weighted by Gasteiger charge is 2.07. The van der Waals surface area contributed by atoms with E-state index in [0.717, 1.165) is 23.2 Å². The first-order valence-corrected chi connectivity index (χ1v) is 6.21. The van der Waals surface area contributed by atoms with Gasteiger partial charge < -0.3 is 9.29 Å². The number of carboxylic acid groups (broad SMARTS) is 1. The van der Waals surface area contributed by atoms with E-state index < -0.39 is 6.16 Å². The fourth-order valence-electron chi connectivity index (χ4n) is 1.46. The van der Waals surface area contributed by atoms with Gasteiger partial charge in [0.15, 0.2) is 0 Å². The molecule has 0 fully saturated rings. The van der Waals surface area contributed by atoms with Crippen LogP contribution in [0, 0.1) is 0 Å². The van der Waals surface area contributed by atoms with Crippen LogP contribution in [-0.4, -0.2) is 11.3 Å². The first-order chi connectivity index (χ1) is 8.66. The van der Waals surface area contributed by atoms with E-state index in [1.165, 1.54) is 0 Å². The van der Waals surface area contributed by atoms with Crippen LogP contribution in [-0.2, 0) is 4.18 Å². The lowest BCUT2D eigenvalue weighted by atomic mass is 10.1. The molecule has 0 aliphatic rings. The smallest absolute Gasteiger partial charge is 0.449 e. The van der Waals surface area contributed by atoms with Crippen LogP contribution >= 0.6 is 23.6 Å². The average Bonchev–Trinajstić information content (AvgIpc) is 2.38. The summed E-state index contributed by atoms with van der Waals surface area (Å²) >= 11 is 6.80. The van der Waals surface area contributed by atoms with Gasteiger partial charge in [0.1, 0.15) is 12.0 Å². The van der Waals surface area contributed by atoms with E-state index in [4.69, 9.17) is 16.7 Å². The van der Waals surface area contributed by atoms with Gasteiger partial charge in [0.25, 0.3) is 0 Å². The Morgan fingerprint density at radius 1 is 1.11 bits per heavy atom. The second kappa shape index (κ2) is 5.80. The van der Waals surface area contributed by atoms with Gasteiger partial charge in [0, 0.05) is 0 Å². The van der Waals surface area contributed by atoms with Crippen molar-refractivity contribution in [2.45, 2.75) is 4.90 Å². The molecule has 0 atom stereocenters. The van der Waals surface area contributed by atoms with Gasteiger partial charge in [-0.2, -0.15) is 0 Å². The van der Waals surface area contributed by atoms with Crippen molar-refractivity contribution in [2.75, 3.05) is 0 Å². The lowest BCUT2D eigenvalue weighted by molar-refractivity contribution is 0.153. The van der Waals surface area contributed by atoms with Crippen molar-refractivity contribution in [2.24, 2.45) is 0 Å². The Bertz CT molecular complexity index is 557. The van der Waals surface area contributed by atoms with Crippen LogP contribution < -0.4 is 0 Å². The zero-order chi connectivity index (χ0) is 13.0. The van der Waals surface area contributed by atoms with Gasteiger partial charge >= 0.3 is 6.16 Å². The van der Waals surface area contributed by atoms with E-state index in [-0.39, 0.29) is 0 Å². The van der Waals surface area contributed by atoms with Gasteiger partial charge in [-0.1, -0.05) is 48.0 Å². The summed E-state index contributed by atoms with van der Waals surface area (Å²) < 4.78 is 4.40. The minimum Gasteiger partial charge on any atom is -0.449 e. The van der Waals surface area contributed by atoms with Crippen molar-refractivity contribution in [3.05, 3.63) is 53.6 Å². The summed E-state index contributed by atoms with van der Waals surface area (Å²) in [6, 6.07) is 15.2. The van der Waals surface area contributed by atoms with E-state index in [9.17, 15) is 4.79 Å². The fraction of sp³-hybridized carbons (Fsp3) is 0. The van der Waals surface area contributed by atoms with Crippen molar-refractivity contribution in [1.29, 1.82) is 0 Å². The largest absolute Gasteiger partial charge is 0.518 e. The van der Waals surface area contributed by atoms with E-state index in [0.29, 0.717) is 9.92 Å². The molecule has 2 aromatic carbocycles. The van der Waals surface area contributed by atoms with Crippen LogP contribution in [0.3, 0.4) is 0 Å². The molecule has 0 spiro atoms. The lowest BCUT2D eigenvalue weighted by Crippen LogP contribution is -1.91. The molecular weight excluding hydrogens is 272 g/mol. The van der Waals surface area contributed by atoms with E-state index in [2.05, 4.69) is 4.18 Å². The molecule has 1 N–H and O–H groups in total. The van der Waals surface area contributed by atoms with Crippen molar-refractivity contribution in [3.63, 3.8) is 0 Å². The van der Waals surface area contributed by atoms with Crippen molar-refractivity contribution >= 4 is 29.8 Å². The first-order valence-electron chi connectivity index (χ1n) is 5.09. The van der Waals surface area contributed by atoms with Crippen molar-refractivity contribution in [1.82, 2.24) is 0 Å². The standard InChI is InChI=1S/C13H9ClO3S/c14-11-8-10(9-4-2-1-3-5-9)6-7-12(11)18-17-13(15)16/h1-8H,(H,15,16). The third-order valence-electron chi connectivity index (χ3n) is 2.24. The Morgan fingerprint density at radius 2 is 1.83 bits per heavy atom. The predicted molar refractivity (Wildman–Crippen MR) is 71.9 cm³/mol. The molecule has 92 valence electrons. The van der Waals surface area contributed by atoms with E-state index >= 15 is 0 Å². The summed E-state index contributed by atoms with van der Waals surface area (Å²) in [5.41, 5.74) is 2.02. The summed E-state index contributed by atoms with van der Waals surface area (Å²) in [5.74, 6) is 0. The van der Waals surface area contributed by atoms with Gasteiger partial charge in [-0.25, -0.2) is 4.79 Å². The Kier molecular flexibility index (Phi) is 4.12. The zero-order valence-electron chi connectivity index (χ0n) is 9.17. The Morgan fingerprint density at radius 3 is 2.44 bits per heavy atom. The average molecular weight is 281 g/mol. The molecule has 2 aromatic rings. The molecule has 0 aliphatic carbocycles. The van der Waals surface area contributed by atoms with E-state index in [1.807, 2.05) is 36.4 Å². The highest BCUT2D eigenvalue weighted by atomic mass is 35.5. The van der Waals surface area contributed by atoms with Crippen LogP contribution in [0.2, 0.25) is 5.02 Å². The Hall–Kier alpha value is -1.65. The van der Waals surface area contributed by atoms with Gasteiger partial charge in [0.2, 0.25) is 0 Å². The van der Waals surface area contributed by atoms with E-state index in [1.54, 1.807) is 12.1 Å². The molecular formula is C13H9ClO3S. The second-order valence-corrected chi connectivity index (χ2v) is 4.62. The maximum atomic E-state index is 10.3. The monoisotopic (exact) mass is 280 g/mol. The summed E-state index contributed by atoms with van der Waals surface area (Å²) in [4.78, 5) is 10.9. The summed E-state index contributed by atoms with van der Waals surface area (Å²) in [6.07, 6.45) is -1.34. The normalized spacial score (nSPS) is 10.1. The third kappa shape index (κ3) is 3.18. The number of carbonyl (C=O) groups is 1. The quantitative estimate of drug-likeness (QED) is 0.827. The molecule has 0 bridgehead atoms. The van der Waals surface area contributed by atoms with Gasteiger partial charge in [-0.3, -0.25) is 0 Å². The molecule has 0 unspecified atom stereocenters. The predicted octanol–water partition coefficient (Wildman–Crippen LogP) is 4.71. The van der Waals surface area contributed by atoms with Gasteiger partial charge in [-0.05, 0) is 23.3 Å². The molecule has 0 saturated heterocycles. The first kappa shape index (κ1) is 12.8.